The molecule has 1 atom stereocenters. The fourth-order valence-electron chi connectivity index (χ4n) is 2.17. The molecule has 1 N–H and O–H groups in total. The van der Waals surface area contributed by atoms with Crippen molar-refractivity contribution in [1.29, 1.82) is 0 Å². The molecular formula is C17H21N3O4S. The standard InChI is InChI=1S/C17H21N3O4S/c1-23-17(22)13(10-11-25-2)18-14(21)8-9-15-19-20-16(24-15)12-6-4-3-5-7-12/h3-7,13H,8-11H2,1-2H3,(H,18,21). The summed E-state index contributed by atoms with van der Waals surface area (Å²) in [7, 11) is 1.31. The summed E-state index contributed by atoms with van der Waals surface area (Å²) in [5.41, 5.74) is 0.827. The Morgan fingerprint density at radius 3 is 2.72 bits per heavy atom. The molecule has 0 aliphatic heterocycles. The van der Waals surface area contributed by atoms with Crippen LogP contribution in [-0.4, -0.2) is 47.2 Å². The Kier molecular flexibility index (Phi) is 7.46. The number of carbonyl (C=O) groups excluding carboxylic acids is 2. The molecule has 1 amide bonds. The maximum absolute atomic E-state index is 12.1. The van der Waals surface area contributed by atoms with Gasteiger partial charge < -0.3 is 14.5 Å². The number of amides is 1. The Morgan fingerprint density at radius 2 is 2.04 bits per heavy atom. The number of aromatic nitrogens is 2. The summed E-state index contributed by atoms with van der Waals surface area (Å²) in [5, 5.41) is 10.6. The first-order valence-electron chi connectivity index (χ1n) is 7.88. The van der Waals surface area contributed by atoms with Crippen LogP contribution in [0.3, 0.4) is 0 Å². The number of nitrogens with zero attached hydrogens (tertiary/aromatic N) is 2. The Balaban J connectivity index is 1.87. The van der Waals surface area contributed by atoms with Gasteiger partial charge in [-0.2, -0.15) is 11.8 Å². The van der Waals surface area contributed by atoms with Crippen molar-refractivity contribution in [3.05, 3.63) is 36.2 Å². The summed E-state index contributed by atoms with van der Waals surface area (Å²) >= 11 is 1.60. The zero-order chi connectivity index (χ0) is 18.1. The maximum Gasteiger partial charge on any atom is 0.328 e. The highest BCUT2D eigenvalue weighted by Crippen LogP contribution is 2.17. The number of aryl methyl sites for hydroxylation is 1. The Morgan fingerprint density at radius 1 is 1.28 bits per heavy atom. The molecule has 1 aromatic carbocycles. The Labute approximate surface area is 150 Å². The molecule has 2 rings (SSSR count). The smallest absolute Gasteiger partial charge is 0.328 e. The molecule has 1 heterocycles. The third-order valence-electron chi connectivity index (χ3n) is 3.49. The zero-order valence-corrected chi connectivity index (χ0v) is 15.0. The fourth-order valence-corrected chi connectivity index (χ4v) is 2.64. The second-order valence-corrected chi connectivity index (χ2v) is 6.28. The van der Waals surface area contributed by atoms with Crippen LogP contribution in [0.2, 0.25) is 0 Å². The summed E-state index contributed by atoms with van der Waals surface area (Å²) in [5.74, 6) is 0.864. The van der Waals surface area contributed by atoms with Crippen LogP contribution in [-0.2, 0) is 20.7 Å². The van der Waals surface area contributed by atoms with Gasteiger partial charge in [-0.15, -0.1) is 10.2 Å². The largest absolute Gasteiger partial charge is 0.467 e. The minimum atomic E-state index is -0.632. The molecule has 0 aliphatic rings. The average molecular weight is 363 g/mol. The van der Waals surface area contributed by atoms with Crippen molar-refractivity contribution >= 4 is 23.6 Å². The molecule has 8 heteroatoms. The highest BCUT2D eigenvalue weighted by molar-refractivity contribution is 7.98. The second-order valence-electron chi connectivity index (χ2n) is 5.29. The van der Waals surface area contributed by atoms with E-state index in [2.05, 4.69) is 15.5 Å². The number of thioether (sulfide) groups is 1. The number of esters is 1. The summed E-state index contributed by atoms with van der Waals surface area (Å²) in [6, 6.07) is 8.78. The minimum Gasteiger partial charge on any atom is -0.467 e. The molecule has 0 spiro atoms. The summed E-state index contributed by atoms with van der Waals surface area (Å²) in [6.45, 7) is 0. The van der Waals surface area contributed by atoms with E-state index in [0.717, 1.165) is 11.3 Å². The first-order valence-corrected chi connectivity index (χ1v) is 9.27. The quantitative estimate of drug-likeness (QED) is 0.682. The van der Waals surface area contributed by atoms with E-state index in [4.69, 9.17) is 9.15 Å². The first kappa shape index (κ1) is 19.0. The van der Waals surface area contributed by atoms with Crippen LogP contribution in [0.4, 0.5) is 0 Å². The van der Waals surface area contributed by atoms with E-state index in [1.807, 2.05) is 36.6 Å². The van der Waals surface area contributed by atoms with Crippen LogP contribution in [0.1, 0.15) is 18.7 Å². The van der Waals surface area contributed by atoms with E-state index >= 15 is 0 Å². The van der Waals surface area contributed by atoms with Gasteiger partial charge in [-0.1, -0.05) is 18.2 Å². The van der Waals surface area contributed by atoms with Crippen molar-refractivity contribution in [2.24, 2.45) is 0 Å². The topological polar surface area (TPSA) is 94.3 Å². The van der Waals surface area contributed by atoms with Gasteiger partial charge in [-0.3, -0.25) is 4.79 Å². The maximum atomic E-state index is 12.1. The molecule has 0 bridgehead atoms. The molecule has 25 heavy (non-hydrogen) atoms. The number of hydrogen-bond acceptors (Lipinski definition) is 7. The number of benzene rings is 1. The van der Waals surface area contributed by atoms with Gasteiger partial charge in [0.2, 0.25) is 17.7 Å². The predicted octanol–water partition coefficient (Wildman–Crippen LogP) is 2.08. The van der Waals surface area contributed by atoms with Crippen molar-refractivity contribution in [2.45, 2.75) is 25.3 Å². The number of methoxy groups -OCH3 is 1. The molecule has 0 saturated heterocycles. The van der Waals surface area contributed by atoms with E-state index in [0.29, 0.717) is 24.6 Å². The van der Waals surface area contributed by atoms with Crippen molar-refractivity contribution in [3.63, 3.8) is 0 Å². The van der Waals surface area contributed by atoms with Crippen LogP contribution in [0.5, 0.6) is 0 Å². The van der Waals surface area contributed by atoms with E-state index < -0.39 is 12.0 Å². The predicted molar refractivity (Wildman–Crippen MR) is 95.0 cm³/mol. The molecule has 0 aliphatic carbocycles. The monoisotopic (exact) mass is 363 g/mol. The van der Waals surface area contributed by atoms with Gasteiger partial charge in [-0.25, -0.2) is 4.79 Å². The number of carbonyl (C=O) groups is 2. The lowest BCUT2D eigenvalue weighted by Gasteiger charge is -2.15. The van der Waals surface area contributed by atoms with E-state index in [1.54, 1.807) is 11.8 Å². The van der Waals surface area contributed by atoms with E-state index in [9.17, 15) is 9.59 Å². The van der Waals surface area contributed by atoms with Crippen LogP contribution in [0.15, 0.2) is 34.7 Å². The van der Waals surface area contributed by atoms with Crippen molar-refractivity contribution in [3.8, 4) is 11.5 Å². The molecular weight excluding hydrogens is 342 g/mol. The lowest BCUT2D eigenvalue weighted by molar-refractivity contribution is -0.145. The third-order valence-corrected chi connectivity index (χ3v) is 4.13. The van der Waals surface area contributed by atoms with E-state index in [1.165, 1.54) is 7.11 Å². The highest BCUT2D eigenvalue weighted by atomic mass is 32.2. The van der Waals surface area contributed by atoms with Crippen LogP contribution < -0.4 is 5.32 Å². The summed E-state index contributed by atoms with van der Waals surface area (Å²) in [4.78, 5) is 23.8. The van der Waals surface area contributed by atoms with Gasteiger partial charge in [0, 0.05) is 18.4 Å². The zero-order valence-electron chi connectivity index (χ0n) is 14.2. The van der Waals surface area contributed by atoms with Gasteiger partial charge in [0.1, 0.15) is 6.04 Å². The fraction of sp³-hybridized carbons (Fsp3) is 0.412. The van der Waals surface area contributed by atoms with Crippen LogP contribution in [0, 0.1) is 0 Å². The van der Waals surface area contributed by atoms with E-state index in [-0.39, 0.29) is 12.3 Å². The molecule has 0 radical (unpaired) electrons. The number of nitrogens with one attached hydrogen (secondary N) is 1. The molecule has 1 unspecified atom stereocenters. The number of rotatable bonds is 9. The molecule has 2 aromatic rings. The van der Waals surface area contributed by atoms with Crippen LogP contribution >= 0.6 is 11.8 Å². The van der Waals surface area contributed by atoms with Gasteiger partial charge >= 0.3 is 5.97 Å². The molecule has 0 fully saturated rings. The lowest BCUT2D eigenvalue weighted by atomic mass is 10.2. The molecule has 1 aromatic heterocycles. The average Bonchev–Trinajstić information content (AvgIpc) is 3.12. The van der Waals surface area contributed by atoms with Gasteiger partial charge in [0.15, 0.2) is 0 Å². The summed E-state index contributed by atoms with van der Waals surface area (Å²) < 4.78 is 10.3. The Hall–Kier alpha value is -2.35. The lowest BCUT2D eigenvalue weighted by Crippen LogP contribution is -2.42. The molecule has 7 nitrogen and oxygen atoms in total. The normalized spacial score (nSPS) is 11.8. The van der Waals surface area contributed by atoms with Crippen molar-refractivity contribution in [1.82, 2.24) is 15.5 Å². The number of ether oxygens (including phenoxy) is 1. The summed E-state index contributed by atoms with van der Waals surface area (Å²) in [6.07, 6.45) is 2.93. The number of hydrogen-bond donors (Lipinski definition) is 1. The first-order chi connectivity index (χ1) is 12.1. The Bertz CT molecular complexity index is 690. The molecule has 134 valence electrons. The highest BCUT2D eigenvalue weighted by Gasteiger charge is 2.21. The van der Waals surface area contributed by atoms with Gasteiger partial charge in [0.05, 0.1) is 7.11 Å². The van der Waals surface area contributed by atoms with Crippen molar-refractivity contribution in [2.75, 3.05) is 19.1 Å². The minimum absolute atomic E-state index is 0.156. The van der Waals surface area contributed by atoms with Gasteiger partial charge in [-0.05, 0) is 30.6 Å². The second kappa shape index (κ2) is 9.83. The van der Waals surface area contributed by atoms with Crippen LogP contribution in [0.25, 0.3) is 11.5 Å². The van der Waals surface area contributed by atoms with Crippen molar-refractivity contribution < 1.29 is 18.7 Å². The molecule has 0 saturated carbocycles. The third kappa shape index (κ3) is 5.90. The van der Waals surface area contributed by atoms with Gasteiger partial charge in [0.25, 0.3) is 0 Å². The SMILES string of the molecule is COC(=O)C(CCSC)NC(=O)CCc1nnc(-c2ccccc2)o1.